The van der Waals surface area contributed by atoms with E-state index in [1.807, 2.05) is 0 Å². The molecule has 1 heterocycles. The Bertz CT molecular complexity index is 173. The Labute approximate surface area is 81.7 Å². The molecule has 13 heavy (non-hydrogen) atoms. The molecule has 2 rings (SSSR count). The predicted octanol–water partition coefficient (Wildman–Crippen LogP) is 1.61. The summed E-state index contributed by atoms with van der Waals surface area (Å²) >= 11 is 0. The van der Waals surface area contributed by atoms with Gasteiger partial charge in [0.2, 0.25) is 0 Å². The van der Waals surface area contributed by atoms with Gasteiger partial charge < -0.3 is 5.32 Å². The molecule has 0 spiro atoms. The molecule has 2 heteroatoms. The van der Waals surface area contributed by atoms with Crippen molar-refractivity contribution in [2.24, 2.45) is 0 Å². The van der Waals surface area contributed by atoms with Gasteiger partial charge in [0.1, 0.15) is 0 Å². The minimum Gasteiger partial charge on any atom is -0.313 e. The lowest BCUT2D eigenvalue weighted by atomic mass is 10.0. The normalized spacial score (nSPS) is 33.2. The molecular weight excluding hydrogens is 160 g/mol. The lowest BCUT2D eigenvalue weighted by Crippen LogP contribution is -2.49. The van der Waals surface area contributed by atoms with E-state index in [4.69, 9.17) is 0 Å². The first-order chi connectivity index (χ1) is 6.24. The molecule has 0 amide bonds. The van der Waals surface area contributed by atoms with Gasteiger partial charge in [0.25, 0.3) is 0 Å². The minimum atomic E-state index is 0.591. The molecule has 2 nitrogen and oxygen atoms in total. The highest BCUT2D eigenvalue weighted by molar-refractivity contribution is 5.01. The van der Waals surface area contributed by atoms with Crippen LogP contribution in [0.4, 0.5) is 0 Å². The number of nitrogens with one attached hydrogen (secondary N) is 1. The number of hydrogen-bond donors (Lipinski definition) is 1. The quantitative estimate of drug-likeness (QED) is 0.713. The van der Waals surface area contributed by atoms with Crippen molar-refractivity contribution in [3.8, 4) is 0 Å². The summed E-state index contributed by atoms with van der Waals surface area (Å²) in [5.74, 6) is 0. The highest BCUT2D eigenvalue weighted by Gasteiger charge is 2.44. The predicted molar refractivity (Wildman–Crippen MR) is 55.9 cm³/mol. The van der Waals surface area contributed by atoms with Gasteiger partial charge in [-0.2, -0.15) is 0 Å². The molecule has 1 saturated carbocycles. The number of nitrogens with zero attached hydrogens (tertiary/aromatic N) is 1. The van der Waals surface area contributed by atoms with Gasteiger partial charge >= 0.3 is 0 Å². The van der Waals surface area contributed by atoms with Crippen molar-refractivity contribution in [2.75, 3.05) is 19.6 Å². The summed E-state index contributed by atoms with van der Waals surface area (Å²) in [6, 6.07) is 0.760. The molecule has 0 aromatic carbocycles. The summed E-state index contributed by atoms with van der Waals surface area (Å²) in [5.41, 5.74) is 0.591. The molecule has 1 atom stereocenters. The first kappa shape index (κ1) is 9.47. The van der Waals surface area contributed by atoms with E-state index in [0.717, 1.165) is 12.6 Å². The van der Waals surface area contributed by atoms with Gasteiger partial charge in [0.05, 0.1) is 0 Å². The van der Waals surface area contributed by atoms with Crippen molar-refractivity contribution in [3.05, 3.63) is 0 Å². The van der Waals surface area contributed by atoms with Crippen molar-refractivity contribution in [1.29, 1.82) is 0 Å². The fraction of sp³-hybridized carbons (Fsp3) is 1.00. The smallest absolute Gasteiger partial charge is 0.0195 e. The van der Waals surface area contributed by atoms with Gasteiger partial charge in [-0.15, -0.1) is 0 Å². The molecule has 0 radical (unpaired) electrons. The maximum absolute atomic E-state index is 3.57. The number of likely N-dealkylation sites (tertiary alicyclic amines) is 1. The molecule has 1 saturated heterocycles. The third-order valence-corrected chi connectivity index (χ3v) is 3.65. The Balaban J connectivity index is 1.85. The Hall–Kier alpha value is -0.0800. The van der Waals surface area contributed by atoms with Crippen molar-refractivity contribution in [3.63, 3.8) is 0 Å². The Morgan fingerprint density at radius 1 is 1.46 bits per heavy atom. The number of hydrogen-bond acceptors (Lipinski definition) is 2. The van der Waals surface area contributed by atoms with Gasteiger partial charge in [0.15, 0.2) is 0 Å². The summed E-state index contributed by atoms with van der Waals surface area (Å²) < 4.78 is 0. The molecule has 1 aliphatic heterocycles. The first-order valence-electron chi connectivity index (χ1n) is 5.73. The summed E-state index contributed by atoms with van der Waals surface area (Å²) in [7, 11) is 0. The topological polar surface area (TPSA) is 15.3 Å². The van der Waals surface area contributed by atoms with E-state index in [1.165, 1.54) is 38.8 Å². The van der Waals surface area contributed by atoms with Crippen molar-refractivity contribution < 1.29 is 0 Å². The summed E-state index contributed by atoms with van der Waals surface area (Å²) in [5, 5.41) is 3.57. The van der Waals surface area contributed by atoms with Crippen LogP contribution < -0.4 is 5.32 Å². The molecule has 1 N–H and O–H groups in total. The van der Waals surface area contributed by atoms with E-state index >= 15 is 0 Å². The van der Waals surface area contributed by atoms with Crippen LogP contribution >= 0.6 is 0 Å². The average Bonchev–Trinajstić information content (AvgIpc) is 2.86. The maximum Gasteiger partial charge on any atom is 0.0195 e. The molecule has 0 bridgehead atoms. The van der Waals surface area contributed by atoms with Crippen molar-refractivity contribution in [1.82, 2.24) is 10.2 Å². The molecule has 1 unspecified atom stereocenters. The van der Waals surface area contributed by atoms with E-state index in [9.17, 15) is 0 Å². The van der Waals surface area contributed by atoms with E-state index < -0.39 is 0 Å². The molecule has 2 fully saturated rings. The van der Waals surface area contributed by atoms with Crippen molar-refractivity contribution >= 4 is 0 Å². The second-order valence-corrected chi connectivity index (χ2v) is 4.84. The molecular formula is C11H22N2. The highest BCUT2D eigenvalue weighted by Crippen LogP contribution is 2.42. The second kappa shape index (κ2) is 3.58. The lowest BCUT2D eigenvalue weighted by Gasteiger charge is -2.37. The fourth-order valence-electron chi connectivity index (χ4n) is 2.42. The second-order valence-electron chi connectivity index (χ2n) is 4.84. The Morgan fingerprint density at radius 2 is 2.23 bits per heavy atom. The van der Waals surface area contributed by atoms with Crippen LogP contribution in [0.2, 0.25) is 0 Å². The van der Waals surface area contributed by atoms with Gasteiger partial charge in [0, 0.05) is 18.1 Å². The lowest BCUT2D eigenvalue weighted by molar-refractivity contribution is 0.132. The molecule has 2 aliphatic rings. The van der Waals surface area contributed by atoms with Gasteiger partial charge in [-0.1, -0.05) is 6.92 Å². The van der Waals surface area contributed by atoms with E-state index in [1.54, 1.807) is 0 Å². The summed E-state index contributed by atoms with van der Waals surface area (Å²) in [6.07, 6.45) is 5.60. The van der Waals surface area contributed by atoms with Gasteiger partial charge in [-0.25, -0.2) is 0 Å². The van der Waals surface area contributed by atoms with Crippen LogP contribution in [0, 0.1) is 0 Å². The van der Waals surface area contributed by atoms with Gasteiger partial charge in [-0.3, -0.25) is 4.90 Å². The third kappa shape index (κ3) is 2.05. The zero-order valence-electron chi connectivity index (χ0n) is 8.97. The SMILES string of the molecule is CCNC1CCCN(C2(C)CC2)C1. The van der Waals surface area contributed by atoms with Crippen LogP contribution in [0.5, 0.6) is 0 Å². The zero-order valence-corrected chi connectivity index (χ0v) is 8.97. The molecule has 0 aromatic heterocycles. The van der Waals surface area contributed by atoms with Crippen molar-refractivity contribution in [2.45, 2.75) is 51.1 Å². The Kier molecular flexibility index (Phi) is 2.61. The monoisotopic (exact) mass is 182 g/mol. The van der Waals surface area contributed by atoms with Crippen LogP contribution in [0.3, 0.4) is 0 Å². The average molecular weight is 182 g/mol. The highest BCUT2D eigenvalue weighted by atomic mass is 15.2. The van der Waals surface area contributed by atoms with Crippen LogP contribution in [-0.4, -0.2) is 36.1 Å². The third-order valence-electron chi connectivity index (χ3n) is 3.65. The van der Waals surface area contributed by atoms with Crippen LogP contribution in [0.1, 0.15) is 39.5 Å². The minimum absolute atomic E-state index is 0.591. The number of rotatable bonds is 3. The van der Waals surface area contributed by atoms with E-state index in [0.29, 0.717) is 5.54 Å². The Morgan fingerprint density at radius 3 is 2.85 bits per heavy atom. The molecule has 76 valence electrons. The van der Waals surface area contributed by atoms with E-state index in [-0.39, 0.29) is 0 Å². The molecule has 0 aromatic rings. The largest absolute Gasteiger partial charge is 0.313 e. The van der Waals surface area contributed by atoms with Gasteiger partial charge in [-0.05, 0) is 45.7 Å². The van der Waals surface area contributed by atoms with Crippen LogP contribution in [0.15, 0.2) is 0 Å². The maximum atomic E-state index is 3.57. The number of piperidine rings is 1. The number of likely N-dealkylation sites (N-methyl/N-ethyl adjacent to an activating group) is 1. The van der Waals surface area contributed by atoms with E-state index in [2.05, 4.69) is 24.1 Å². The van der Waals surface area contributed by atoms with Crippen LogP contribution in [0.25, 0.3) is 0 Å². The zero-order chi connectivity index (χ0) is 9.31. The first-order valence-corrected chi connectivity index (χ1v) is 5.73. The standard InChI is InChI=1S/C11H22N2/c1-3-12-10-5-4-8-13(9-10)11(2)6-7-11/h10,12H,3-9H2,1-2H3. The summed E-state index contributed by atoms with van der Waals surface area (Å²) in [6.45, 7) is 8.36. The fourth-order valence-corrected chi connectivity index (χ4v) is 2.42. The summed E-state index contributed by atoms with van der Waals surface area (Å²) in [4.78, 5) is 2.70. The van der Waals surface area contributed by atoms with Crippen LogP contribution in [-0.2, 0) is 0 Å². The molecule has 1 aliphatic carbocycles.